The fourth-order valence-corrected chi connectivity index (χ4v) is 2.53. The van der Waals surface area contributed by atoms with Crippen molar-refractivity contribution in [3.05, 3.63) is 29.8 Å². The summed E-state index contributed by atoms with van der Waals surface area (Å²) in [6.07, 6.45) is 2.59. The molecule has 0 amide bonds. The molecule has 0 aliphatic carbocycles. The van der Waals surface area contributed by atoms with E-state index < -0.39 is 0 Å². The lowest BCUT2D eigenvalue weighted by Gasteiger charge is -2.31. The van der Waals surface area contributed by atoms with E-state index in [1.807, 2.05) is 13.0 Å². The molecule has 3 heteroatoms. The molecule has 1 aromatic rings. The molecule has 1 aliphatic heterocycles. The summed E-state index contributed by atoms with van der Waals surface area (Å²) in [5.41, 5.74) is 1.33. The zero-order chi connectivity index (χ0) is 12.8. The highest BCUT2D eigenvalue weighted by atomic mass is 16.5. The van der Waals surface area contributed by atoms with Gasteiger partial charge in [-0.2, -0.15) is 0 Å². The van der Waals surface area contributed by atoms with E-state index in [0.717, 1.165) is 25.4 Å². The minimum Gasteiger partial charge on any atom is -0.494 e. The van der Waals surface area contributed by atoms with Crippen molar-refractivity contribution in [3.63, 3.8) is 0 Å². The van der Waals surface area contributed by atoms with Gasteiger partial charge < -0.3 is 10.1 Å². The number of nitrogens with one attached hydrogen (secondary N) is 1. The van der Waals surface area contributed by atoms with Crippen molar-refractivity contribution >= 4 is 0 Å². The first-order valence-corrected chi connectivity index (χ1v) is 6.92. The van der Waals surface area contributed by atoms with Crippen molar-refractivity contribution in [3.8, 4) is 5.75 Å². The average molecular weight is 248 g/mol. The van der Waals surface area contributed by atoms with Crippen LogP contribution in [0.1, 0.15) is 25.3 Å². The molecule has 1 fully saturated rings. The van der Waals surface area contributed by atoms with E-state index in [1.54, 1.807) is 0 Å². The van der Waals surface area contributed by atoms with Crippen molar-refractivity contribution in [1.82, 2.24) is 10.2 Å². The van der Waals surface area contributed by atoms with E-state index in [1.165, 1.54) is 24.9 Å². The Labute approximate surface area is 110 Å². The first-order valence-electron chi connectivity index (χ1n) is 6.92. The number of piperidine rings is 1. The van der Waals surface area contributed by atoms with E-state index in [2.05, 4.69) is 35.5 Å². The zero-order valence-corrected chi connectivity index (χ0v) is 11.5. The molecule has 100 valence electrons. The van der Waals surface area contributed by atoms with Gasteiger partial charge in [0.25, 0.3) is 0 Å². The van der Waals surface area contributed by atoms with Crippen molar-refractivity contribution in [1.29, 1.82) is 0 Å². The molecule has 1 aromatic carbocycles. The molecule has 18 heavy (non-hydrogen) atoms. The van der Waals surface area contributed by atoms with Crippen LogP contribution in [0, 0.1) is 0 Å². The van der Waals surface area contributed by atoms with Crippen molar-refractivity contribution < 1.29 is 4.74 Å². The van der Waals surface area contributed by atoms with Crippen molar-refractivity contribution in [2.24, 2.45) is 0 Å². The van der Waals surface area contributed by atoms with Gasteiger partial charge in [-0.15, -0.1) is 0 Å². The number of likely N-dealkylation sites (N-methyl/N-ethyl adjacent to an activating group) is 1. The lowest BCUT2D eigenvalue weighted by molar-refractivity contribution is 0.195. The highest BCUT2D eigenvalue weighted by Gasteiger charge is 2.17. The lowest BCUT2D eigenvalue weighted by atomic mass is 10.1. The normalized spacial score (nSPS) is 20.1. The van der Waals surface area contributed by atoms with Crippen LogP contribution < -0.4 is 10.1 Å². The highest BCUT2D eigenvalue weighted by Crippen LogP contribution is 2.17. The van der Waals surface area contributed by atoms with E-state index >= 15 is 0 Å². The van der Waals surface area contributed by atoms with Gasteiger partial charge in [-0.3, -0.25) is 4.90 Å². The van der Waals surface area contributed by atoms with Crippen LogP contribution in [-0.2, 0) is 6.54 Å². The largest absolute Gasteiger partial charge is 0.494 e. The van der Waals surface area contributed by atoms with Crippen LogP contribution in [-0.4, -0.2) is 37.7 Å². The van der Waals surface area contributed by atoms with Crippen LogP contribution in [0.5, 0.6) is 5.75 Å². The quantitative estimate of drug-likeness (QED) is 0.865. The second kappa shape index (κ2) is 6.76. The van der Waals surface area contributed by atoms with E-state index in [9.17, 15) is 0 Å². The third-order valence-electron chi connectivity index (χ3n) is 3.54. The molecule has 1 unspecified atom stereocenters. The topological polar surface area (TPSA) is 24.5 Å². The maximum absolute atomic E-state index is 5.54. The molecule has 1 N–H and O–H groups in total. The van der Waals surface area contributed by atoms with Gasteiger partial charge in [0.15, 0.2) is 0 Å². The molecule has 1 atom stereocenters. The van der Waals surface area contributed by atoms with E-state index in [4.69, 9.17) is 4.74 Å². The summed E-state index contributed by atoms with van der Waals surface area (Å²) < 4.78 is 5.54. The highest BCUT2D eigenvalue weighted by molar-refractivity contribution is 5.28. The minimum absolute atomic E-state index is 0.662. The second-order valence-electron chi connectivity index (χ2n) is 5.00. The van der Waals surface area contributed by atoms with Crippen LogP contribution in [0.4, 0.5) is 0 Å². The molecule has 0 bridgehead atoms. The number of hydrogen-bond donors (Lipinski definition) is 1. The van der Waals surface area contributed by atoms with Crippen molar-refractivity contribution in [2.75, 3.05) is 26.7 Å². The van der Waals surface area contributed by atoms with E-state index in [-0.39, 0.29) is 0 Å². The number of nitrogens with zero attached hydrogens (tertiary/aromatic N) is 1. The minimum atomic E-state index is 0.662. The number of benzene rings is 1. The number of rotatable bonds is 5. The molecule has 1 aliphatic rings. The summed E-state index contributed by atoms with van der Waals surface area (Å²) >= 11 is 0. The SMILES string of the molecule is CCOc1cccc(CN(C)C2CCCNC2)c1. The maximum atomic E-state index is 5.54. The summed E-state index contributed by atoms with van der Waals surface area (Å²) in [6.45, 7) is 6.03. The van der Waals surface area contributed by atoms with Crippen LogP contribution in [0.15, 0.2) is 24.3 Å². The monoisotopic (exact) mass is 248 g/mol. The van der Waals surface area contributed by atoms with Crippen molar-refractivity contribution in [2.45, 2.75) is 32.4 Å². The number of ether oxygens (including phenoxy) is 1. The van der Waals surface area contributed by atoms with Gasteiger partial charge in [-0.1, -0.05) is 12.1 Å². The smallest absolute Gasteiger partial charge is 0.119 e. The Morgan fingerprint density at radius 3 is 3.06 bits per heavy atom. The standard InChI is InChI=1S/C15H24N2O/c1-3-18-15-8-4-6-13(10-15)12-17(2)14-7-5-9-16-11-14/h4,6,8,10,14,16H,3,5,7,9,11-12H2,1-2H3. The van der Waals surface area contributed by atoms with Crippen LogP contribution in [0.3, 0.4) is 0 Å². The van der Waals surface area contributed by atoms with Gasteiger partial charge in [0.05, 0.1) is 6.61 Å². The summed E-state index contributed by atoms with van der Waals surface area (Å²) in [7, 11) is 2.21. The van der Waals surface area contributed by atoms with Gasteiger partial charge in [-0.05, 0) is 51.1 Å². The van der Waals surface area contributed by atoms with Gasteiger partial charge in [0, 0.05) is 19.1 Å². The summed E-state index contributed by atoms with van der Waals surface area (Å²) in [5.74, 6) is 0.977. The third-order valence-corrected chi connectivity index (χ3v) is 3.54. The lowest BCUT2D eigenvalue weighted by Crippen LogP contribution is -2.43. The Morgan fingerprint density at radius 1 is 1.44 bits per heavy atom. The molecule has 2 rings (SSSR count). The fourth-order valence-electron chi connectivity index (χ4n) is 2.53. The molecule has 1 heterocycles. The van der Waals surface area contributed by atoms with Crippen LogP contribution in [0.25, 0.3) is 0 Å². The van der Waals surface area contributed by atoms with Crippen LogP contribution >= 0.6 is 0 Å². The Balaban J connectivity index is 1.93. The van der Waals surface area contributed by atoms with Gasteiger partial charge in [-0.25, -0.2) is 0 Å². The first kappa shape index (κ1) is 13.4. The van der Waals surface area contributed by atoms with Gasteiger partial charge >= 0.3 is 0 Å². The molecule has 0 radical (unpaired) electrons. The first-order chi connectivity index (χ1) is 8.79. The predicted molar refractivity (Wildman–Crippen MR) is 75.0 cm³/mol. The predicted octanol–water partition coefficient (Wildman–Crippen LogP) is 2.27. The Bertz CT molecular complexity index is 361. The van der Waals surface area contributed by atoms with Crippen LogP contribution in [0.2, 0.25) is 0 Å². The summed E-state index contributed by atoms with van der Waals surface area (Å²) in [6, 6.07) is 9.09. The molecular formula is C15H24N2O. The Morgan fingerprint density at radius 2 is 2.33 bits per heavy atom. The van der Waals surface area contributed by atoms with E-state index in [0.29, 0.717) is 6.04 Å². The van der Waals surface area contributed by atoms with Gasteiger partial charge in [0.2, 0.25) is 0 Å². The Hall–Kier alpha value is -1.06. The molecule has 0 spiro atoms. The second-order valence-corrected chi connectivity index (χ2v) is 5.00. The van der Waals surface area contributed by atoms with Gasteiger partial charge in [0.1, 0.15) is 5.75 Å². The third kappa shape index (κ3) is 3.72. The summed E-state index contributed by atoms with van der Waals surface area (Å²) in [4.78, 5) is 2.44. The molecule has 0 saturated carbocycles. The fraction of sp³-hybridized carbons (Fsp3) is 0.600. The molecule has 3 nitrogen and oxygen atoms in total. The average Bonchev–Trinajstić information content (AvgIpc) is 2.40. The molecule has 1 saturated heterocycles. The summed E-state index contributed by atoms with van der Waals surface area (Å²) in [5, 5.41) is 3.47. The molecular weight excluding hydrogens is 224 g/mol. The maximum Gasteiger partial charge on any atom is 0.119 e. The number of hydrogen-bond acceptors (Lipinski definition) is 3. The Kier molecular flexibility index (Phi) is 5.02. The zero-order valence-electron chi connectivity index (χ0n) is 11.5. The molecule has 0 aromatic heterocycles.